The molecule has 0 aliphatic rings. The number of hydrogen-bond donors (Lipinski definition) is 4. The van der Waals surface area contributed by atoms with Crippen LogP contribution >= 0.6 is 23.2 Å². The quantitative estimate of drug-likeness (QED) is 0.163. The Hall–Kier alpha value is -4.68. The van der Waals surface area contributed by atoms with E-state index >= 15 is 0 Å². The topological polar surface area (TPSA) is 158 Å². The van der Waals surface area contributed by atoms with Crippen LogP contribution in [0.2, 0.25) is 10.0 Å². The van der Waals surface area contributed by atoms with Crippen molar-refractivity contribution in [3.8, 4) is 11.4 Å². The summed E-state index contributed by atoms with van der Waals surface area (Å²) in [5.74, 6) is -2.26. The molecule has 38 heavy (non-hydrogen) atoms. The molecule has 0 radical (unpaired) electrons. The fourth-order valence-corrected chi connectivity index (χ4v) is 3.63. The lowest BCUT2D eigenvalue weighted by Crippen LogP contribution is -2.35. The molecule has 14 heteroatoms. The molecule has 2 aromatic carbocycles. The van der Waals surface area contributed by atoms with E-state index in [1.54, 1.807) is 62.4 Å². The Bertz CT molecular complexity index is 1550. The highest BCUT2D eigenvalue weighted by Gasteiger charge is 2.15. The van der Waals surface area contributed by atoms with Crippen molar-refractivity contribution in [2.24, 2.45) is 10.2 Å². The van der Waals surface area contributed by atoms with Gasteiger partial charge in [-0.3, -0.25) is 29.4 Å². The molecule has 0 spiro atoms. The van der Waals surface area contributed by atoms with Crippen molar-refractivity contribution in [1.29, 1.82) is 0 Å². The third kappa shape index (κ3) is 5.66. The van der Waals surface area contributed by atoms with Crippen LogP contribution in [-0.4, -0.2) is 43.8 Å². The molecule has 194 valence electrons. The molecule has 4 N–H and O–H groups in total. The molecule has 2 aromatic heterocycles. The van der Waals surface area contributed by atoms with Crippen LogP contribution in [-0.2, 0) is 9.59 Å². The van der Waals surface area contributed by atoms with Gasteiger partial charge < -0.3 is 0 Å². The van der Waals surface area contributed by atoms with E-state index in [1.165, 1.54) is 9.36 Å². The van der Waals surface area contributed by atoms with E-state index in [1.807, 2.05) is 10.9 Å². The van der Waals surface area contributed by atoms with E-state index in [0.717, 1.165) is 12.4 Å². The average Bonchev–Trinajstić information content (AvgIpc) is 3.34. The van der Waals surface area contributed by atoms with Crippen LogP contribution in [0.1, 0.15) is 22.5 Å². The highest BCUT2D eigenvalue weighted by molar-refractivity contribution is 6.35. The molecule has 0 fully saturated rings. The third-order valence-electron chi connectivity index (χ3n) is 5.33. The number of carbonyl (C=O) groups excluding carboxylic acids is 2. The van der Waals surface area contributed by atoms with Crippen LogP contribution in [0.25, 0.3) is 11.4 Å². The second kappa shape index (κ2) is 11.2. The van der Waals surface area contributed by atoms with Crippen molar-refractivity contribution in [3.63, 3.8) is 0 Å². The maximum atomic E-state index is 12.7. The molecule has 0 aliphatic carbocycles. The van der Waals surface area contributed by atoms with Gasteiger partial charge in [-0.1, -0.05) is 23.2 Å². The highest BCUT2D eigenvalue weighted by Crippen LogP contribution is 2.13. The Balaban J connectivity index is 1.38. The first kappa shape index (κ1) is 26.4. The summed E-state index contributed by atoms with van der Waals surface area (Å²) in [5, 5.41) is 14.2. The van der Waals surface area contributed by atoms with Gasteiger partial charge in [0.2, 0.25) is 0 Å². The Labute approximate surface area is 224 Å². The Kier molecular flexibility index (Phi) is 7.74. The summed E-state index contributed by atoms with van der Waals surface area (Å²) in [7, 11) is 0. The van der Waals surface area contributed by atoms with Crippen molar-refractivity contribution in [2.45, 2.75) is 13.8 Å². The van der Waals surface area contributed by atoms with Crippen molar-refractivity contribution in [3.05, 3.63) is 102 Å². The average molecular weight is 555 g/mol. The van der Waals surface area contributed by atoms with Gasteiger partial charge in [0.15, 0.2) is 0 Å². The number of H-pyrrole nitrogens is 2. The van der Waals surface area contributed by atoms with Crippen LogP contribution < -0.4 is 22.0 Å². The molecule has 0 saturated heterocycles. The van der Waals surface area contributed by atoms with Gasteiger partial charge in [-0.05, 0) is 62.4 Å². The number of halogens is 2. The molecule has 4 rings (SSSR count). The van der Waals surface area contributed by atoms with E-state index in [9.17, 15) is 19.2 Å². The van der Waals surface area contributed by atoms with Gasteiger partial charge in [0, 0.05) is 21.4 Å². The van der Waals surface area contributed by atoms with Crippen molar-refractivity contribution in [2.75, 3.05) is 0 Å². The van der Waals surface area contributed by atoms with E-state index in [-0.39, 0.29) is 11.1 Å². The summed E-state index contributed by atoms with van der Waals surface area (Å²) in [6.07, 6.45) is 2.24. The van der Waals surface area contributed by atoms with Gasteiger partial charge in [-0.15, -0.1) is 0 Å². The van der Waals surface area contributed by atoms with E-state index in [0.29, 0.717) is 32.8 Å². The number of rotatable bonds is 6. The minimum Gasteiger partial charge on any atom is -0.295 e. The highest BCUT2D eigenvalue weighted by atomic mass is 35.5. The van der Waals surface area contributed by atoms with Crippen LogP contribution in [0.4, 0.5) is 0 Å². The van der Waals surface area contributed by atoms with Gasteiger partial charge in [0.1, 0.15) is 0 Å². The molecule has 0 bridgehead atoms. The smallest absolute Gasteiger partial charge is 0.295 e. The van der Waals surface area contributed by atoms with Crippen LogP contribution in [0.3, 0.4) is 0 Å². The monoisotopic (exact) mass is 554 g/mol. The van der Waals surface area contributed by atoms with Crippen molar-refractivity contribution >= 4 is 47.4 Å². The molecule has 2 heterocycles. The summed E-state index contributed by atoms with van der Waals surface area (Å²) in [4.78, 5) is 49.5. The van der Waals surface area contributed by atoms with Crippen LogP contribution in [0.5, 0.6) is 0 Å². The van der Waals surface area contributed by atoms with Gasteiger partial charge in [-0.2, -0.15) is 10.2 Å². The number of nitrogens with zero attached hydrogens (tertiary/aromatic N) is 4. The zero-order valence-corrected chi connectivity index (χ0v) is 21.5. The first-order chi connectivity index (χ1) is 18.2. The number of benzene rings is 2. The summed E-state index contributed by atoms with van der Waals surface area (Å²) in [5.41, 5.74) is 5.67. The zero-order valence-electron chi connectivity index (χ0n) is 20.0. The number of aromatic nitrogens is 4. The van der Waals surface area contributed by atoms with Crippen molar-refractivity contribution < 1.29 is 9.59 Å². The minimum absolute atomic E-state index is 0.179. The second-order valence-corrected chi connectivity index (χ2v) is 8.81. The first-order valence-electron chi connectivity index (χ1n) is 11.0. The molecule has 0 unspecified atom stereocenters. The summed E-state index contributed by atoms with van der Waals surface area (Å²) < 4.78 is 2.58. The molecule has 0 aliphatic heterocycles. The lowest BCUT2D eigenvalue weighted by atomic mass is 10.3. The molecule has 0 saturated carbocycles. The SMILES string of the molecule is Cc1[nH]n(-c2ccc(Cl)cc2)c(=O)c1/C=N/NC(=O)C(=O)N/N=C/c1c(C)[nH]n(-c2ccc(Cl)cc2)c1=O. The number of carbonyl (C=O) groups is 2. The number of aromatic amines is 2. The molecular weight excluding hydrogens is 535 g/mol. The molecular formula is C24H20Cl2N8O4. The lowest BCUT2D eigenvalue weighted by Gasteiger charge is -2.00. The van der Waals surface area contributed by atoms with Crippen LogP contribution in [0.15, 0.2) is 68.3 Å². The Morgan fingerprint density at radius 2 is 1.05 bits per heavy atom. The van der Waals surface area contributed by atoms with E-state index in [4.69, 9.17) is 23.2 Å². The lowest BCUT2D eigenvalue weighted by molar-refractivity contribution is -0.139. The predicted molar refractivity (Wildman–Crippen MR) is 144 cm³/mol. The predicted octanol–water partition coefficient (Wildman–Crippen LogP) is 2.17. The number of hydrazone groups is 2. The zero-order chi connectivity index (χ0) is 27.4. The molecule has 12 nitrogen and oxygen atoms in total. The second-order valence-electron chi connectivity index (χ2n) is 7.93. The molecule has 0 atom stereocenters. The maximum Gasteiger partial charge on any atom is 0.331 e. The molecule has 2 amide bonds. The minimum atomic E-state index is -1.13. The molecule has 4 aromatic rings. The Morgan fingerprint density at radius 3 is 1.39 bits per heavy atom. The van der Waals surface area contributed by atoms with Gasteiger partial charge >= 0.3 is 11.8 Å². The number of hydrogen-bond acceptors (Lipinski definition) is 6. The summed E-state index contributed by atoms with van der Waals surface area (Å²) in [6.45, 7) is 3.31. The van der Waals surface area contributed by atoms with Gasteiger partial charge in [-0.25, -0.2) is 20.2 Å². The van der Waals surface area contributed by atoms with Crippen molar-refractivity contribution in [1.82, 2.24) is 30.4 Å². The number of aryl methyl sites for hydroxylation is 2. The Morgan fingerprint density at radius 1 is 0.711 bits per heavy atom. The van der Waals surface area contributed by atoms with E-state index in [2.05, 4.69) is 20.4 Å². The normalized spacial score (nSPS) is 11.4. The summed E-state index contributed by atoms with van der Waals surface area (Å²) in [6, 6.07) is 13.2. The third-order valence-corrected chi connectivity index (χ3v) is 5.83. The van der Waals surface area contributed by atoms with Crippen LogP contribution in [0, 0.1) is 13.8 Å². The van der Waals surface area contributed by atoms with Gasteiger partial charge in [0.05, 0.1) is 34.9 Å². The van der Waals surface area contributed by atoms with E-state index < -0.39 is 22.9 Å². The fraction of sp³-hybridized carbons (Fsp3) is 0.0833. The summed E-state index contributed by atoms with van der Waals surface area (Å²) >= 11 is 11.8. The first-order valence-corrected chi connectivity index (χ1v) is 11.7. The standard InChI is InChI=1S/C24H20Cl2N8O4/c1-13-19(23(37)33(31-13)17-7-3-15(25)4-8-17)11-27-29-21(35)22(36)30-28-12-20-14(2)32-34(24(20)38)18-9-5-16(26)6-10-18/h3-12,31-32H,1-2H3,(H,29,35)(H,30,36)/b27-11+,28-12+. The largest absolute Gasteiger partial charge is 0.331 e. The number of nitrogens with one attached hydrogen (secondary N) is 4. The maximum absolute atomic E-state index is 12.7. The van der Waals surface area contributed by atoms with Gasteiger partial charge in [0.25, 0.3) is 11.1 Å². The number of amides is 2. The fourth-order valence-electron chi connectivity index (χ4n) is 3.38.